The van der Waals surface area contributed by atoms with Gasteiger partial charge in [0, 0.05) is 50.4 Å². The van der Waals surface area contributed by atoms with Crippen LogP contribution in [-0.2, 0) is 0 Å². The van der Waals surface area contributed by atoms with Gasteiger partial charge in [-0.2, -0.15) is 0 Å². The number of hydrogen-bond donors (Lipinski definition) is 0. The number of aromatic nitrogens is 1. The van der Waals surface area contributed by atoms with Gasteiger partial charge in [-0.05, 0) is 88.5 Å². The quantitative estimate of drug-likeness (QED) is 0.188. The first-order valence-corrected chi connectivity index (χ1v) is 16.0. The Labute approximate surface area is 296 Å². The van der Waals surface area contributed by atoms with Gasteiger partial charge in [0.25, 0.3) is 0 Å². The molecule has 0 amide bonds. The predicted octanol–water partition coefficient (Wildman–Crippen LogP) is 13.0. The highest BCUT2D eigenvalue weighted by molar-refractivity contribution is 6.21. The molecule has 10 aromatic rings. The zero-order valence-corrected chi connectivity index (χ0v) is 25.9. The van der Waals surface area contributed by atoms with Crippen LogP contribution in [0.25, 0.3) is 71.3 Å². The Morgan fingerprint density at radius 2 is 1.20 bits per heavy atom. The topological polar surface area (TPSA) is 21.3 Å². The second-order valence-corrected chi connectivity index (χ2v) is 11.9. The number of anilines is 3. The molecule has 0 aliphatic heterocycles. The lowest BCUT2D eigenvalue weighted by molar-refractivity contribution is 0.669. The highest BCUT2D eigenvalue weighted by atomic mass is 16.3. The fourth-order valence-electron chi connectivity index (χ4n) is 6.80. The largest absolute Gasteiger partial charge is 0.456 e. The fraction of sp³-hybridized carbons (Fsp3) is 0. The molecule has 0 atom stereocenters. The van der Waals surface area contributed by atoms with Crippen molar-refractivity contribution in [2.75, 3.05) is 4.90 Å². The van der Waals surface area contributed by atoms with Crippen LogP contribution in [0.2, 0.25) is 0 Å². The molecule has 2 heterocycles. The molecule has 49 heavy (non-hydrogen) atoms. The zero-order valence-electron chi connectivity index (χ0n) is 34.9. The molecule has 3 heteroatoms. The van der Waals surface area contributed by atoms with Gasteiger partial charge in [-0.25, -0.2) is 0 Å². The van der Waals surface area contributed by atoms with Crippen molar-refractivity contribution in [1.82, 2.24) is 4.57 Å². The molecular formula is C46H30N2O. The Bertz CT molecular complexity index is 3330. The summed E-state index contributed by atoms with van der Waals surface area (Å²) in [4.78, 5) is 1.70. The average molecular weight is 636 g/mol. The molecule has 0 aliphatic rings. The summed E-state index contributed by atoms with van der Waals surface area (Å²) in [7, 11) is 0. The minimum Gasteiger partial charge on any atom is -0.456 e. The van der Waals surface area contributed by atoms with Crippen LogP contribution in [0.3, 0.4) is 0 Å². The van der Waals surface area contributed by atoms with Crippen molar-refractivity contribution >= 4 is 71.6 Å². The minimum atomic E-state index is -0.495. The van der Waals surface area contributed by atoms with Gasteiger partial charge < -0.3 is 13.9 Å². The molecule has 0 fully saturated rings. The summed E-state index contributed by atoms with van der Waals surface area (Å²) in [6.45, 7) is 0. The van der Waals surface area contributed by atoms with Gasteiger partial charge in [0.05, 0.1) is 23.4 Å². The van der Waals surface area contributed by atoms with Gasteiger partial charge >= 0.3 is 0 Å². The monoisotopic (exact) mass is 635 g/mol. The van der Waals surface area contributed by atoms with E-state index >= 15 is 0 Å². The molecule has 230 valence electrons. The van der Waals surface area contributed by atoms with E-state index in [1.165, 1.54) is 4.57 Å². The zero-order chi connectivity index (χ0) is 40.1. The van der Waals surface area contributed by atoms with Gasteiger partial charge in [-0.15, -0.1) is 0 Å². The lowest BCUT2D eigenvalue weighted by Gasteiger charge is -2.26. The smallest absolute Gasteiger partial charge is 0.137 e. The van der Waals surface area contributed by atoms with Gasteiger partial charge in [-0.1, -0.05) is 109 Å². The first-order chi connectivity index (χ1) is 28.1. The molecule has 0 spiro atoms. The number of hydrogen-bond acceptors (Lipinski definition) is 2. The molecule has 0 N–H and O–H groups in total. The van der Waals surface area contributed by atoms with E-state index in [1.54, 1.807) is 35.2 Å². The van der Waals surface area contributed by atoms with E-state index in [1.807, 2.05) is 97.1 Å². The summed E-state index contributed by atoms with van der Waals surface area (Å²) in [5.74, 6) is 0. The number of para-hydroxylation sites is 3. The molecule has 10 rings (SSSR count). The second kappa shape index (κ2) is 11.0. The summed E-state index contributed by atoms with van der Waals surface area (Å²) in [5, 5.41) is 1.89. The van der Waals surface area contributed by atoms with E-state index in [0.29, 0.717) is 28.2 Å². The van der Waals surface area contributed by atoms with E-state index in [0.717, 1.165) is 21.9 Å². The van der Waals surface area contributed by atoms with Crippen molar-refractivity contribution in [2.45, 2.75) is 0 Å². The van der Waals surface area contributed by atoms with Crippen LogP contribution >= 0.6 is 0 Å². The van der Waals surface area contributed by atoms with Gasteiger partial charge in [-0.3, -0.25) is 0 Å². The number of rotatable bonds is 5. The number of furan rings is 1. The highest BCUT2D eigenvalue weighted by Crippen LogP contribution is 2.42. The van der Waals surface area contributed by atoms with Crippen LogP contribution in [0.5, 0.6) is 0 Å². The van der Waals surface area contributed by atoms with Crippen LogP contribution < -0.4 is 4.90 Å². The lowest BCUT2D eigenvalue weighted by Crippen LogP contribution is -2.09. The standard InChI is InChI=1S/C46H30N2O/c1-3-11-31(12-4-1)32-19-22-35(23-20-32)47(37-25-27-40-39-15-8-10-18-44(39)49-45(40)30-37)36-24-26-38-33(29-36)21-28-43-46(38)41-16-7-9-17-42(41)48(43)34-13-5-2-6-14-34/h1-30H/i7D,9D,16D,17D,21D,24D,26D,28D,29D. The Hall–Kier alpha value is -6.58. The molecule has 2 aromatic heterocycles. The average Bonchev–Trinajstić information content (AvgIpc) is 3.81. The summed E-state index contributed by atoms with van der Waals surface area (Å²) < 4.78 is 91.3. The Balaban J connectivity index is 1.32. The second-order valence-electron chi connectivity index (χ2n) is 11.9. The van der Waals surface area contributed by atoms with Crippen LogP contribution in [-0.4, -0.2) is 4.57 Å². The van der Waals surface area contributed by atoms with Crippen LogP contribution in [0, 0.1) is 0 Å². The Morgan fingerprint density at radius 3 is 2.06 bits per heavy atom. The first kappa shape index (κ1) is 19.9. The third-order valence-corrected chi connectivity index (χ3v) is 9.05. The van der Waals surface area contributed by atoms with Crippen molar-refractivity contribution < 1.29 is 16.8 Å². The van der Waals surface area contributed by atoms with E-state index in [9.17, 15) is 6.85 Å². The fourth-order valence-corrected chi connectivity index (χ4v) is 6.80. The van der Waals surface area contributed by atoms with Crippen molar-refractivity contribution in [2.24, 2.45) is 0 Å². The van der Waals surface area contributed by atoms with Crippen molar-refractivity contribution in [3.63, 3.8) is 0 Å². The number of benzene rings is 8. The van der Waals surface area contributed by atoms with Crippen LogP contribution in [0.15, 0.2) is 186 Å². The highest BCUT2D eigenvalue weighted by Gasteiger charge is 2.19. The maximum atomic E-state index is 9.87. The molecule has 0 saturated carbocycles. The summed E-state index contributed by atoms with van der Waals surface area (Å²) >= 11 is 0. The normalized spacial score (nSPS) is 14.2. The molecule has 0 saturated heterocycles. The molecule has 0 bridgehead atoms. The molecule has 0 unspecified atom stereocenters. The molecule has 3 nitrogen and oxygen atoms in total. The van der Waals surface area contributed by atoms with Crippen LogP contribution in [0.1, 0.15) is 12.3 Å². The Kier molecular flexibility index (Phi) is 4.48. The minimum absolute atomic E-state index is 0.00127. The summed E-state index contributed by atoms with van der Waals surface area (Å²) in [6.07, 6.45) is 0. The van der Waals surface area contributed by atoms with E-state index in [4.69, 9.17) is 9.90 Å². The third kappa shape index (κ3) is 4.44. The molecular weight excluding hydrogens is 597 g/mol. The molecule has 0 aliphatic carbocycles. The maximum absolute atomic E-state index is 9.87. The molecule has 8 aromatic carbocycles. The third-order valence-electron chi connectivity index (χ3n) is 9.05. The lowest BCUT2D eigenvalue weighted by atomic mass is 10.0. The van der Waals surface area contributed by atoms with Gasteiger partial charge in [0.15, 0.2) is 0 Å². The van der Waals surface area contributed by atoms with Crippen LogP contribution in [0.4, 0.5) is 17.1 Å². The van der Waals surface area contributed by atoms with E-state index in [-0.39, 0.29) is 80.6 Å². The van der Waals surface area contributed by atoms with E-state index < -0.39 is 12.1 Å². The summed E-state index contributed by atoms with van der Waals surface area (Å²) in [6, 6.07) is 36.3. The van der Waals surface area contributed by atoms with E-state index in [2.05, 4.69) is 0 Å². The SMILES string of the molecule is [2H]c1c(N(c2ccc(-c3ccccc3)cc2)c2ccc3c(c2)oc2ccccc23)c([2H])c2c([2H])c([2H])c3c(c2c1[2H])c1c([2H])c([2H])c([2H])c([2H])c1n3-c1ccccc1. The van der Waals surface area contributed by atoms with Crippen molar-refractivity contribution in [3.05, 3.63) is 182 Å². The van der Waals surface area contributed by atoms with Gasteiger partial charge in [0.1, 0.15) is 11.2 Å². The summed E-state index contributed by atoms with van der Waals surface area (Å²) in [5.41, 5.74) is 5.00. The Morgan fingerprint density at radius 1 is 0.490 bits per heavy atom. The van der Waals surface area contributed by atoms with Crippen molar-refractivity contribution in [3.8, 4) is 16.8 Å². The number of fused-ring (bicyclic) bond motifs is 8. The predicted molar refractivity (Wildman–Crippen MR) is 206 cm³/mol. The van der Waals surface area contributed by atoms with Gasteiger partial charge in [0.2, 0.25) is 0 Å². The van der Waals surface area contributed by atoms with Crippen molar-refractivity contribution in [1.29, 1.82) is 0 Å². The molecule has 0 radical (unpaired) electrons. The first-order valence-electron chi connectivity index (χ1n) is 20.5. The number of nitrogens with zero attached hydrogens (tertiary/aromatic N) is 2. The maximum Gasteiger partial charge on any atom is 0.137 e.